The summed E-state index contributed by atoms with van der Waals surface area (Å²) in [6.45, 7) is 1.57. The normalized spacial score (nSPS) is 26.3. The van der Waals surface area contributed by atoms with Crippen LogP contribution in [-0.4, -0.2) is 19.3 Å². The van der Waals surface area contributed by atoms with E-state index in [1.807, 2.05) is 6.07 Å². The van der Waals surface area contributed by atoms with Gasteiger partial charge in [0.15, 0.2) is 0 Å². The Morgan fingerprint density at radius 2 is 2.05 bits per heavy atom. The third-order valence-electron chi connectivity index (χ3n) is 4.33. The summed E-state index contributed by atoms with van der Waals surface area (Å²) < 4.78 is 11.5. The highest BCUT2D eigenvalue weighted by Gasteiger charge is 2.31. The van der Waals surface area contributed by atoms with Crippen molar-refractivity contribution in [2.45, 2.75) is 50.2 Å². The SMILES string of the molecule is NC1(c2cccc(OC3CCCOC3)c2)CCCC1. The molecule has 0 aromatic heterocycles. The highest BCUT2D eigenvalue weighted by molar-refractivity contribution is 5.34. The first kappa shape index (κ1) is 12.9. The molecule has 1 aromatic carbocycles. The molecule has 1 aliphatic heterocycles. The van der Waals surface area contributed by atoms with Gasteiger partial charge in [0.25, 0.3) is 0 Å². The molecule has 3 nitrogen and oxygen atoms in total. The van der Waals surface area contributed by atoms with Crippen LogP contribution >= 0.6 is 0 Å². The summed E-state index contributed by atoms with van der Waals surface area (Å²) in [6.07, 6.45) is 7.01. The molecule has 3 rings (SSSR count). The van der Waals surface area contributed by atoms with E-state index in [0.29, 0.717) is 6.61 Å². The summed E-state index contributed by atoms with van der Waals surface area (Å²) in [4.78, 5) is 0. The Hall–Kier alpha value is -1.06. The van der Waals surface area contributed by atoms with Crippen molar-refractivity contribution < 1.29 is 9.47 Å². The molecule has 1 saturated carbocycles. The van der Waals surface area contributed by atoms with Gasteiger partial charge in [-0.25, -0.2) is 0 Å². The van der Waals surface area contributed by atoms with Crippen molar-refractivity contribution in [3.05, 3.63) is 29.8 Å². The molecule has 2 aliphatic rings. The Bertz CT molecular complexity index is 421. The largest absolute Gasteiger partial charge is 0.488 e. The number of rotatable bonds is 3. The maximum Gasteiger partial charge on any atom is 0.122 e. The van der Waals surface area contributed by atoms with E-state index in [-0.39, 0.29) is 11.6 Å². The van der Waals surface area contributed by atoms with E-state index in [0.717, 1.165) is 38.0 Å². The van der Waals surface area contributed by atoms with E-state index in [1.54, 1.807) is 0 Å². The van der Waals surface area contributed by atoms with E-state index in [2.05, 4.69) is 18.2 Å². The fourth-order valence-corrected chi connectivity index (χ4v) is 3.17. The molecule has 2 fully saturated rings. The molecular weight excluding hydrogens is 238 g/mol. The lowest BCUT2D eigenvalue weighted by Crippen LogP contribution is -2.33. The van der Waals surface area contributed by atoms with Gasteiger partial charge in [0.2, 0.25) is 0 Å². The van der Waals surface area contributed by atoms with Gasteiger partial charge in [-0.05, 0) is 43.4 Å². The third-order valence-corrected chi connectivity index (χ3v) is 4.33. The van der Waals surface area contributed by atoms with E-state index in [9.17, 15) is 0 Å². The second-order valence-electron chi connectivity index (χ2n) is 5.85. The summed E-state index contributed by atoms with van der Waals surface area (Å²) in [6, 6.07) is 8.34. The van der Waals surface area contributed by atoms with Crippen LogP contribution in [0.25, 0.3) is 0 Å². The minimum Gasteiger partial charge on any atom is -0.488 e. The molecule has 0 radical (unpaired) electrons. The van der Waals surface area contributed by atoms with Crippen molar-refractivity contribution in [3.8, 4) is 5.75 Å². The maximum atomic E-state index is 6.50. The van der Waals surface area contributed by atoms with E-state index in [1.165, 1.54) is 18.4 Å². The van der Waals surface area contributed by atoms with Gasteiger partial charge in [-0.1, -0.05) is 25.0 Å². The summed E-state index contributed by atoms with van der Waals surface area (Å²) >= 11 is 0. The molecule has 1 aromatic rings. The zero-order valence-electron chi connectivity index (χ0n) is 11.4. The Morgan fingerprint density at radius 3 is 2.79 bits per heavy atom. The molecule has 1 saturated heterocycles. The molecule has 0 bridgehead atoms. The van der Waals surface area contributed by atoms with Crippen molar-refractivity contribution >= 4 is 0 Å². The average molecular weight is 261 g/mol. The first-order chi connectivity index (χ1) is 9.26. The second-order valence-corrected chi connectivity index (χ2v) is 5.85. The van der Waals surface area contributed by atoms with Crippen LogP contribution in [0, 0.1) is 0 Å². The molecule has 0 spiro atoms. The number of hydrogen-bond donors (Lipinski definition) is 1. The minimum absolute atomic E-state index is 0.136. The van der Waals surface area contributed by atoms with Gasteiger partial charge in [-0.3, -0.25) is 0 Å². The fraction of sp³-hybridized carbons (Fsp3) is 0.625. The van der Waals surface area contributed by atoms with Crippen molar-refractivity contribution in [1.29, 1.82) is 0 Å². The van der Waals surface area contributed by atoms with Crippen LogP contribution in [-0.2, 0) is 10.3 Å². The van der Waals surface area contributed by atoms with Gasteiger partial charge in [0.1, 0.15) is 11.9 Å². The molecular formula is C16H23NO2. The van der Waals surface area contributed by atoms with Crippen LogP contribution in [0.1, 0.15) is 44.1 Å². The maximum absolute atomic E-state index is 6.50. The Kier molecular flexibility index (Phi) is 3.76. The summed E-state index contributed by atoms with van der Waals surface area (Å²) in [5.74, 6) is 0.935. The lowest BCUT2D eigenvalue weighted by molar-refractivity contribution is 0.00736. The minimum atomic E-state index is -0.136. The fourth-order valence-electron chi connectivity index (χ4n) is 3.17. The summed E-state index contributed by atoms with van der Waals surface area (Å²) in [5.41, 5.74) is 7.59. The molecule has 0 amide bonds. The van der Waals surface area contributed by atoms with Gasteiger partial charge in [-0.2, -0.15) is 0 Å². The molecule has 1 heterocycles. The Balaban J connectivity index is 1.72. The number of nitrogens with two attached hydrogens (primary N) is 1. The quantitative estimate of drug-likeness (QED) is 0.909. The number of hydrogen-bond acceptors (Lipinski definition) is 3. The summed E-state index contributed by atoms with van der Waals surface area (Å²) in [5, 5.41) is 0. The van der Waals surface area contributed by atoms with Crippen LogP contribution in [0.2, 0.25) is 0 Å². The lowest BCUT2D eigenvalue weighted by atomic mass is 9.89. The van der Waals surface area contributed by atoms with Gasteiger partial charge >= 0.3 is 0 Å². The molecule has 19 heavy (non-hydrogen) atoms. The predicted molar refractivity (Wildman–Crippen MR) is 75.2 cm³/mol. The van der Waals surface area contributed by atoms with Gasteiger partial charge in [0.05, 0.1) is 6.61 Å². The molecule has 2 N–H and O–H groups in total. The third kappa shape index (κ3) is 2.93. The van der Waals surface area contributed by atoms with Crippen LogP contribution in [0.4, 0.5) is 0 Å². The van der Waals surface area contributed by atoms with E-state index < -0.39 is 0 Å². The van der Waals surface area contributed by atoms with Gasteiger partial charge < -0.3 is 15.2 Å². The first-order valence-corrected chi connectivity index (χ1v) is 7.40. The molecule has 1 aliphatic carbocycles. The second kappa shape index (κ2) is 5.51. The standard InChI is InChI=1S/C16H23NO2/c17-16(8-1-2-9-16)13-5-3-6-14(11-13)19-15-7-4-10-18-12-15/h3,5-6,11,15H,1-2,4,7-10,12,17H2. The van der Waals surface area contributed by atoms with Gasteiger partial charge in [-0.15, -0.1) is 0 Å². The smallest absolute Gasteiger partial charge is 0.122 e. The Labute approximate surface area is 115 Å². The number of benzene rings is 1. The van der Waals surface area contributed by atoms with Crippen LogP contribution < -0.4 is 10.5 Å². The average Bonchev–Trinajstić information content (AvgIpc) is 2.89. The highest BCUT2D eigenvalue weighted by atomic mass is 16.5. The lowest BCUT2D eigenvalue weighted by Gasteiger charge is -2.26. The topological polar surface area (TPSA) is 44.5 Å². The molecule has 1 atom stereocenters. The highest BCUT2D eigenvalue weighted by Crippen LogP contribution is 2.37. The van der Waals surface area contributed by atoms with Gasteiger partial charge in [0, 0.05) is 12.1 Å². The zero-order valence-corrected chi connectivity index (χ0v) is 11.4. The molecule has 104 valence electrons. The predicted octanol–water partition coefficient (Wildman–Crippen LogP) is 2.97. The van der Waals surface area contributed by atoms with Crippen molar-refractivity contribution in [1.82, 2.24) is 0 Å². The number of ether oxygens (including phenoxy) is 2. The van der Waals surface area contributed by atoms with E-state index in [4.69, 9.17) is 15.2 Å². The van der Waals surface area contributed by atoms with Crippen molar-refractivity contribution in [2.24, 2.45) is 5.73 Å². The van der Waals surface area contributed by atoms with Crippen molar-refractivity contribution in [2.75, 3.05) is 13.2 Å². The summed E-state index contributed by atoms with van der Waals surface area (Å²) in [7, 11) is 0. The molecule has 3 heteroatoms. The van der Waals surface area contributed by atoms with Crippen molar-refractivity contribution in [3.63, 3.8) is 0 Å². The van der Waals surface area contributed by atoms with Crippen LogP contribution in [0.3, 0.4) is 0 Å². The first-order valence-electron chi connectivity index (χ1n) is 7.40. The zero-order chi connectivity index (χ0) is 13.1. The Morgan fingerprint density at radius 1 is 1.21 bits per heavy atom. The van der Waals surface area contributed by atoms with Crippen LogP contribution in [0.15, 0.2) is 24.3 Å². The van der Waals surface area contributed by atoms with Crippen LogP contribution in [0.5, 0.6) is 5.75 Å². The van der Waals surface area contributed by atoms with E-state index >= 15 is 0 Å². The molecule has 1 unspecified atom stereocenters. The monoisotopic (exact) mass is 261 g/mol.